The Morgan fingerprint density at radius 1 is 1.23 bits per heavy atom. The van der Waals surface area contributed by atoms with E-state index < -0.39 is 0 Å². The average Bonchev–Trinajstić information content (AvgIpc) is 2.58. The van der Waals surface area contributed by atoms with Crippen molar-refractivity contribution in [2.45, 2.75) is 57.2 Å². The van der Waals surface area contributed by atoms with Crippen LogP contribution in [0.5, 0.6) is 0 Å². The summed E-state index contributed by atoms with van der Waals surface area (Å²) >= 11 is 1.36. The Morgan fingerprint density at radius 2 is 1.88 bits per heavy atom. The molecule has 0 aliphatic rings. The van der Waals surface area contributed by atoms with Crippen molar-refractivity contribution < 1.29 is 4.79 Å². The molecular weight excluding hydrogens is 342 g/mol. The second-order valence-corrected chi connectivity index (χ2v) is 7.93. The van der Waals surface area contributed by atoms with Crippen molar-refractivity contribution in [2.75, 3.05) is 5.32 Å². The lowest BCUT2D eigenvalue weighted by atomic mass is 10.1. The summed E-state index contributed by atoms with van der Waals surface area (Å²) in [6.07, 6.45) is 0.653. The Labute approximate surface area is 160 Å². The van der Waals surface area contributed by atoms with Crippen LogP contribution in [0.2, 0.25) is 0 Å². The SMILES string of the molecule is CCC(Sc1nc(C(C)C)ccc1C#N)C(=O)Nc1cc(C)cc(C)c1. The van der Waals surface area contributed by atoms with Gasteiger partial charge in [0, 0.05) is 11.4 Å². The van der Waals surface area contributed by atoms with Crippen LogP contribution < -0.4 is 5.32 Å². The number of hydrogen-bond donors (Lipinski definition) is 1. The lowest BCUT2D eigenvalue weighted by Crippen LogP contribution is -2.25. The van der Waals surface area contributed by atoms with E-state index in [-0.39, 0.29) is 17.1 Å². The minimum absolute atomic E-state index is 0.0665. The van der Waals surface area contributed by atoms with E-state index in [0.29, 0.717) is 17.0 Å². The first kappa shape index (κ1) is 20.0. The summed E-state index contributed by atoms with van der Waals surface area (Å²) < 4.78 is 0. The van der Waals surface area contributed by atoms with Crippen LogP contribution in [0.25, 0.3) is 0 Å². The van der Waals surface area contributed by atoms with Gasteiger partial charge in [-0.3, -0.25) is 4.79 Å². The molecule has 1 atom stereocenters. The van der Waals surface area contributed by atoms with Gasteiger partial charge in [0.2, 0.25) is 5.91 Å². The maximum Gasteiger partial charge on any atom is 0.237 e. The summed E-state index contributed by atoms with van der Waals surface area (Å²) in [7, 11) is 0. The molecule has 0 fully saturated rings. The molecule has 4 nitrogen and oxygen atoms in total. The topological polar surface area (TPSA) is 65.8 Å². The number of carbonyl (C=O) groups is 1. The number of amides is 1. The fourth-order valence-corrected chi connectivity index (χ4v) is 3.68. The van der Waals surface area contributed by atoms with Gasteiger partial charge in [-0.15, -0.1) is 0 Å². The van der Waals surface area contributed by atoms with Crippen LogP contribution in [0.15, 0.2) is 35.4 Å². The molecule has 1 unspecified atom stereocenters. The van der Waals surface area contributed by atoms with Gasteiger partial charge in [0.25, 0.3) is 0 Å². The highest BCUT2D eigenvalue weighted by molar-refractivity contribution is 8.00. The van der Waals surface area contributed by atoms with E-state index >= 15 is 0 Å². The number of aryl methyl sites for hydroxylation is 2. The molecule has 1 aromatic carbocycles. The quantitative estimate of drug-likeness (QED) is 0.712. The van der Waals surface area contributed by atoms with Gasteiger partial charge in [0.05, 0.1) is 10.8 Å². The predicted molar refractivity (Wildman–Crippen MR) is 108 cm³/mol. The fourth-order valence-electron chi connectivity index (χ4n) is 2.68. The number of rotatable bonds is 6. The zero-order valence-electron chi connectivity index (χ0n) is 16.0. The van der Waals surface area contributed by atoms with Gasteiger partial charge in [0.15, 0.2) is 0 Å². The van der Waals surface area contributed by atoms with Crippen molar-refractivity contribution in [3.8, 4) is 6.07 Å². The molecule has 1 amide bonds. The van der Waals surface area contributed by atoms with Crippen LogP contribution in [0.3, 0.4) is 0 Å². The summed E-state index contributed by atoms with van der Waals surface area (Å²) in [5.41, 5.74) is 4.46. The van der Waals surface area contributed by atoms with Crippen molar-refractivity contribution in [3.05, 3.63) is 52.7 Å². The maximum atomic E-state index is 12.7. The molecular formula is C21H25N3OS. The fraction of sp³-hybridized carbons (Fsp3) is 0.381. The largest absolute Gasteiger partial charge is 0.325 e. The highest BCUT2D eigenvalue weighted by atomic mass is 32.2. The average molecular weight is 368 g/mol. The molecule has 0 spiro atoms. The summed E-state index contributed by atoms with van der Waals surface area (Å²) in [4.78, 5) is 17.4. The van der Waals surface area contributed by atoms with Crippen LogP contribution in [0.1, 0.15) is 55.5 Å². The van der Waals surface area contributed by atoms with Gasteiger partial charge in [-0.05, 0) is 61.6 Å². The van der Waals surface area contributed by atoms with E-state index in [0.717, 1.165) is 22.5 Å². The first-order valence-corrected chi connectivity index (χ1v) is 9.68. The van der Waals surface area contributed by atoms with Gasteiger partial charge in [0.1, 0.15) is 11.1 Å². The highest BCUT2D eigenvalue weighted by Gasteiger charge is 2.21. The Balaban J connectivity index is 2.22. The molecule has 0 aliphatic heterocycles. The van der Waals surface area contributed by atoms with E-state index in [2.05, 4.69) is 36.3 Å². The number of anilines is 1. The molecule has 1 aromatic heterocycles. The summed E-state index contributed by atoms with van der Waals surface area (Å²) in [6.45, 7) is 10.1. The highest BCUT2D eigenvalue weighted by Crippen LogP contribution is 2.29. The Hall–Kier alpha value is -2.32. The molecule has 26 heavy (non-hydrogen) atoms. The number of thioether (sulfide) groups is 1. The first-order valence-electron chi connectivity index (χ1n) is 8.80. The summed E-state index contributed by atoms with van der Waals surface area (Å²) in [5, 5.41) is 12.7. The van der Waals surface area contributed by atoms with Crippen molar-refractivity contribution in [2.24, 2.45) is 0 Å². The standard InChI is InChI=1S/C21H25N3OS/c1-6-19(20(25)23-17-10-14(4)9-15(5)11-17)26-21-16(12-22)7-8-18(24-21)13(2)3/h7-11,13,19H,6H2,1-5H3,(H,23,25). The lowest BCUT2D eigenvalue weighted by Gasteiger charge is -2.16. The van der Waals surface area contributed by atoms with Crippen LogP contribution >= 0.6 is 11.8 Å². The van der Waals surface area contributed by atoms with E-state index in [1.165, 1.54) is 11.8 Å². The molecule has 0 radical (unpaired) electrons. The van der Waals surface area contributed by atoms with Crippen LogP contribution in [-0.2, 0) is 4.79 Å². The molecule has 5 heteroatoms. The van der Waals surface area contributed by atoms with Gasteiger partial charge in [-0.1, -0.05) is 38.6 Å². The first-order chi connectivity index (χ1) is 12.3. The summed E-state index contributed by atoms with van der Waals surface area (Å²) in [5.74, 6) is 0.203. The molecule has 136 valence electrons. The van der Waals surface area contributed by atoms with Crippen LogP contribution in [0, 0.1) is 25.2 Å². The number of pyridine rings is 1. The molecule has 0 bridgehead atoms. The third kappa shape index (κ3) is 5.09. The van der Waals surface area contributed by atoms with Crippen molar-refractivity contribution in [3.63, 3.8) is 0 Å². The van der Waals surface area contributed by atoms with Crippen molar-refractivity contribution in [1.29, 1.82) is 5.26 Å². The summed E-state index contributed by atoms with van der Waals surface area (Å²) in [6, 6.07) is 11.8. The van der Waals surface area contributed by atoms with Crippen molar-refractivity contribution in [1.82, 2.24) is 4.98 Å². The zero-order chi connectivity index (χ0) is 19.3. The smallest absolute Gasteiger partial charge is 0.237 e. The van der Waals surface area contributed by atoms with Gasteiger partial charge < -0.3 is 5.32 Å². The number of aromatic nitrogens is 1. The normalized spacial score (nSPS) is 11.9. The van der Waals surface area contributed by atoms with Gasteiger partial charge in [-0.2, -0.15) is 5.26 Å². The van der Waals surface area contributed by atoms with Gasteiger partial charge >= 0.3 is 0 Å². The Bertz CT molecular complexity index is 819. The second-order valence-electron chi connectivity index (χ2n) is 6.74. The van der Waals surface area contributed by atoms with E-state index in [4.69, 9.17) is 0 Å². The predicted octanol–water partition coefficient (Wildman–Crippen LogP) is 5.20. The van der Waals surface area contributed by atoms with Crippen LogP contribution in [-0.4, -0.2) is 16.1 Å². The zero-order valence-corrected chi connectivity index (χ0v) is 16.8. The van der Waals surface area contributed by atoms with Crippen molar-refractivity contribution >= 4 is 23.4 Å². The molecule has 2 rings (SSSR count). The minimum atomic E-state index is -0.308. The molecule has 0 saturated heterocycles. The second kappa shape index (κ2) is 8.86. The van der Waals surface area contributed by atoms with Gasteiger partial charge in [-0.25, -0.2) is 4.98 Å². The third-order valence-corrected chi connectivity index (χ3v) is 5.37. The molecule has 1 N–H and O–H groups in total. The third-order valence-electron chi connectivity index (χ3n) is 4.00. The monoisotopic (exact) mass is 367 g/mol. The maximum absolute atomic E-state index is 12.7. The molecule has 2 aromatic rings. The lowest BCUT2D eigenvalue weighted by molar-refractivity contribution is -0.115. The number of nitrogens with zero attached hydrogens (tertiary/aromatic N) is 2. The minimum Gasteiger partial charge on any atom is -0.325 e. The Kier molecular flexibility index (Phi) is 6.82. The van der Waals surface area contributed by atoms with E-state index in [1.54, 1.807) is 6.07 Å². The number of nitriles is 1. The number of hydrogen-bond acceptors (Lipinski definition) is 4. The van der Waals surface area contributed by atoms with Crippen LogP contribution in [0.4, 0.5) is 5.69 Å². The Morgan fingerprint density at radius 3 is 2.42 bits per heavy atom. The van der Waals surface area contributed by atoms with E-state index in [9.17, 15) is 10.1 Å². The number of nitrogens with one attached hydrogen (secondary N) is 1. The molecule has 1 heterocycles. The molecule has 0 aliphatic carbocycles. The number of carbonyl (C=O) groups excluding carboxylic acids is 1. The number of benzene rings is 1. The molecule has 0 saturated carbocycles. The van der Waals surface area contributed by atoms with E-state index in [1.807, 2.05) is 39.0 Å².